The molecule has 0 bridgehead atoms. The van der Waals surface area contributed by atoms with E-state index in [1.54, 1.807) is 18.2 Å². The van der Waals surface area contributed by atoms with E-state index in [-0.39, 0.29) is 5.56 Å². The molecule has 0 radical (unpaired) electrons. The summed E-state index contributed by atoms with van der Waals surface area (Å²) in [5, 5.41) is 13.5. The second-order valence-electron chi connectivity index (χ2n) is 5.00. The molecule has 22 heavy (non-hydrogen) atoms. The molecule has 3 rings (SSSR count). The maximum atomic E-state index is 11.3. The van der Waals surface area contributed by atoms with Gasteiger partial charge >= 0.3 is 5.97 Å². The van der Waals surface area contributed by atoms with Gasteiger partial charge in [0.25, 0.3) is 0 Å². The van der Waals surface area contributed by atoms with Crippen LogP contribution in [0.15, 0.2) is 53.0 Å². The third kappa shape index (κ3) is 2.67. The number of rotatable bonds is 3. The first-order valence-corrected chi connectivity index (χ1v) is 7.56. The number of hydrogen-bond donors (Lipinski definition) is 2. The number of aromatic amines is 1. The number of fused-ring (bicyclic) bond motifs is 1. The molecule has 0 aliphatic heterocycles. The van der Waals surface area contributed by atoms with Crippen molar-refractivity contribution in [3.05, 3.63) is 64.3 Å². The van der Waals surface area contributed by atoms with E-state index in [2.05, 4.69) is 26.2 Å². The summed E-state index contributed by atoms with van der Waals surface area (Å²) in [7, 11) is 0. The summed E-state index contributed by atoms with van der Waals surface area (Å²) in [6.07, 6.45) is 0. The number of carbonyl (C=O) groups is 1. The zero-order valence-corrected chi connectivity index (χ0v) is 13.4. The van der Waals surface area contributed by atoms with E-state index < -0.39 is 5.97 Å². The number of aromatic carboxylic acids is 1. The molecule has 1 aromatic heterocycles. The predicted octanol–water partition coefficient (Wildman–Crippen LogP) is 4.17. The standard InChI is InChI=1S/C17H13BrN2O2/c1-10-9-15(11-6-4-7-13(18)16(11)19-10)20-14-8-3-2-5-12(14)17(21)22/h2-9H,1H3,(H,19,20)(H,21,22)/p+1. The molecule has 3 aromatic rings. The summed E-state index contributed by atoms with van der Waals surface area (Å²) >= 11 is 3.54. The van der Waals surface area contributed by atoms with E-state index >= 15 is 0 Å². The summed E-state index contributed by atoms with van der Waals surface area (Å²) in [4.78, 5) is 14.7. The molecule has 110 valence electrons. The number of carboxylic acid groups (broad SMARTS) is 1. The van der Waals surface area contributed by atoms with Gasteiger partial charge in [0.2, 0.25) is 5.52 Å². The van der Waals surface area contributed by atoms with Crippen LogP contribution in [0.3, 0.4) is 0 Å². The molecule has 0 fully saturated rings. The van der Waals surface area contributed by atoms with E-state index in [1.807, 2.05) is 37.3 Å². The number of nitrogens with one attached hydrogen (secondary N) is 2. The molecule has 0 aliphatic carbocycles. The van der Waals surface area contributed by atoms with Crippen molar-refractivity contribution in [3.63, 3.8) is 0 Å². The number of aryl methyl sites for hydroxylation is 1. The van der Waals surface area contributed by atoms with Crippen molar-refractivity contribution < 1.29 is 14.9 Å². The zero-order valence-electron chi connectivity index (χ0n) is 11.9. The first-order valence-electron chi connectivity index (χ1n) is 6.77. The Morgan fingerprint density at radius 2 is 1.91 bits per heavy atom. The summed E-state index contributed by atoms with van der Waals surface area (Å²) in [5.74, 6) is -0.951. The number of hydrogen-bond acceptors (Lipinski definition) is 2. The van der Waals surface area contributed by atoms with Crippen molar-refractivity contribution in [2.45, 2.75) is 6.92 Å². The smallest absolute Gasteiger partial charge is 0.337 e. The lowest BCUT2D eigenvalue weighted by Gasteiger charge is -2.11. The van der Waals surface area contributed by atoms with E-state index in [9.17, 15) is 9.90 Å². The van der Waals surface area contributed by atoms with Gasteiger partial charge in [-0.1, -0.05) is 18.2 Å². The Kier molecular flexibility index (Phi) is 3.81. The number of halogens is 1. The van der Waals surface area contributed by atoms with Crippen molar-refractivity contribution in [1.29, 1.82) is 0 Å². The van der Waals surface area contributed by atoms with E-state index in [0.29, 0.717) is 5.69 Å². The van der Waals surface area contributed by atoms with Gasteiger partial charge in [0.15, 0.2) is 5.69 Å². The average Bonchev–Trinajstić information content (AvgIpc) is 2.49. The predicted molar refractivity (Wildman–Crippen MR) is 89.6 cm³/mol. The third-order valence-electron chi connectivity index (χ3n) is 3.41. The van der Waals surface area contributed by atoms with Crippen LogP contribution in [-0.4, -0.2) is 11.1 Å². The summed E-state index contributed by atoms with van der Waals surface area (Å²) in [6.45, 7) is 1.97. The van der Waals surface area contributed by atoms with Crippen molar-refractivity contribution >= 4 is 44.2 Å². The SMILES string of the molecule is Cc1cc(Nc2ccccc2C(=O)O)c2cccc(Br)c2[nH+]1. The van der Waals surface area contributed by atoms with Gasteiger partial charge in [-0.15, -0.1) is 0 Å². The number of anilines is 2. The molecule has 0 unspecified atom stereocenters. The number of benzene rings is 2. The maximum Gasteiger partial charge on any atom is 0.337 e. The lowest BCUT2D eigenvalue weighted by Crippen LogP contribution is -2.11. The second kappa shape index (κ2) is 5.77. The highest BCUT2D eigenvalue weighted by Crippen LogP contribution is 2.29. The molecular weight excluding hydrogens is 344 g/mol. The van der Waals surface area contributed by atoms with E-state index in [0.717, 1.165) is 26.8 Å². The zero-order chi connectivity index (χ0) is 15.7. The second-order valence-corrected chi connectivity index (χ2v) is 5.86. The van der Waals surface area contributed by atoms with Crippen LogP contribution in [0.4, 0.5) is 11.4 Å². The molecule has 3 N–H and O–H groups in total. The van der Waals surface area contributed by atoms with Crippen molar-refractivity contribution in [3.8, 4) is 0 Å². The number of para-hydroxylation sites is 2. The Morgan fingerprint density at radius 3 is 2.68 bits per heavy atom. The highest BCUT2D eigenvalue weighted by Gasteiger charge is 2.15. The van der Waals surface area contributed by atoms with Crippen LogP contribution >= 0.6 is 15.9 Å². The van der Waals surface area contributed by atoms with Crippen LogP contribution in [0.1, 0.15) is 16.1 Å². The molecule has 0 atom stereocenters. The quantitative estimate of drug-likeness (QED) is 0.739. The van der Waals surface area contributed by atoms with Crippen LogP contribution in [0.25, 0.3) is 10.9 Å². The largest absolute Gasteiger partial charge is 0.478 e. The minimum atomic E-state index is -0.951. The van der Waals surface area contributed by atoms with Gasteiger partial charge in [0.05, 0.1) is 26.8 Å². The van der Waals surface area contributed by atoms with Gasteiger partial charge in [-0.05, 0) is 40.2 Å². The molecule has 4 nitrogen and oxygen atoms in total. The first kappa shape index (κ1) is 14.5. The molecule has 2 aromatic carbocycles. The monoisotopic (exact) mass is 357 g/mol. The van der Waals surface area contributed by atoms with Crippen LogP contribution in [0.5, 0.6) is 0 Å². The van der Waals surface area contributed by atoms with Crippen LogP contribution in [-0.2, 0) is 0 Å². The van der Waals surface area contributed by atoms with Gasteiger partial charge in [-0.3, -0.25) is 0 Å². The number of H-pyrrole nitrogens is 1. The van der Waals surface area contributed by atoms with Gasteiger partial charge in [-0.2, -0.15) is 0 Å². The van der Waals surface area contributed by atoms with E-state index in [4.69, 9.17) is 0 Å². The molecule has 1 heterocycles. The van der Waals surface area contributed by atoms with Gasteiger partial charge in [-0.25, -0.2) is 9.78 Å². The average molecular weight is 358 g/mol. The Labute approximate surface area is 135 Å². The molecule has 0 spiro atoms. The van der Waals surface area contributed by atoms with Crippen molar-refractivity contribution in [2.75, 3.05) is 5.32 Å². The van der Waals surface area contributed by atoms with Gasteiger partial charge in [0, 0.05) is 13.0 Å². The fourth-order valence-electron chi connectivity index (χ4n) is 2.43. The van der Waals surface area contributed by atoms with Gasteiger partial charge in [0.1, 0.15) is 0 Å². The summed E-state index contributed by atoms with van der Waals surface area (Å²) in [5.41, 5.74) is 3.63. The first-order chi connectivity index (χ1) is 10.6. The molecular formula is C17H14BrN2O2+. The van der Waals surface area contributed by atoms with E-state index in [1.165, 1.54) is 0 Å². The third-order valence-corrected chi connectivity index (χ3v) is 4.07. The summed E-state index contributed by atoms with van der Waals surface area (Å²) in [6, 6.07) is 14.7. The Hall–Kier alpha value is -2.40. The Morgan fingerprint density at radius 1 is 1.14 bits per heavy atom. The molecule has 0 amide bonds. The molecule has 0 aliphatic rings. The number of carboxylic acids is 1. The van der Waals surface area contributed by atoms with Crippen LogP contribution in [0.2, 0.25) is 0 Å². The number of pyridine rings is 1. The highest BCUT2D eigenvalue weighted by atomic mass is 79.9. The Balaban J connectivity index is 2.16. The van der Waals surface area contributed by atoms with Crippen LogP contribution < -0.4 is 10.3 Å². The topological polar surface area (TPSA) is 63.5 Å². The number of aromatic nitrogens is 1. The molecule has 5 heteroatoms. The maximum absolute atomic E-state index is 11.3. The summed E-state index contributed by atoms with van der Waals surface area (Å²) < 4.78 is 0.961. The fraction of sp³-hybridized carbons (Fsp3) is 0.0588. The van der Waals surface area contributed by atoms with Crippen molar-refractivity contribution in [1.82, 2.24) is 0 Å². The van der Waals surface area contributed by atoms with Crippen LogP contribution in [0, 0.1) is 6.92 Å². The van der Waals surface area contributed by atoms with Crippen molar-refractivity contribution in [2.24, 2.45) is 0 Å². The minimum absolute atomic E-state index is 0.246. The minimum Gasteiger partial charge on any atom is -0.478 e. The highest BCUT2D eigenvalue weighted by molar-refractivity contribution is 9.10. The normalized spacial score (nSPS) is 10.6. The fourth-order valence-corrected chi connectivity index (χ4v) is 2.90. The lowest BCUT2D eigenvalue weighted by atomic mass is 10.1. The molecule has 0 saturated carbocycles. The van der Waals surface area contributed by atoms with Gasteiger partial charge < -0.3 is 10.4 Å². The molecule has 0 saturated heterocycles. The Bertz CT molecular complexity index is 878. The lowest BCUT2D eigenvalue weighted by molar-refractivity contribution is -0.355.